The van der Waals surface area contributed by atoms with E-state index in [4.69, 9.17) is 15.1 Å². The Bertz CT molecular complexity index is 797. The summed E-state index contributed by atoms with van der Waals surface area (Å²) in [5.41, 5.74) is 2.81. The number of rotatable bonds is 7. The Morgan fingerprint density at radius 2 is 1.85 bits per heavy atom. The van der Waals surface area contributed by atoms with Crippen LogP contribution in [-0.2, 0) is 0 Å². The molecule has 0 spiro atoms. The molecule has 27 heavy (non-hydrogen) atoms. The van der Waals surface area contributed by atoms with Crippen molar-refractivity contribution in [2.75, 3.05) is 26.2 Å². The zero-order valence-corrected chi connectivity index (χ0v) is 15.1. The van der Waals surface area contributed by atoms with Gasteiger partial charge in [-0.2, -0.15) is 5.26 Å². The highest BCUT2D eigenvalue weighted by Crippen LogP contribution is 2.23. The van der Waals surface area contributed by atoms with Crippen LogP contribution in [0.15, 0.2) is 48.5 Å². The van der Waals surface area contributed by atoms with Gasteiger partial charge >= 0.3 is 6.09 Å². The summed E-state index contributed by atoms with van der Waals surface area (Å²) < 4.78 is 5.81. The molecule has 2 aromatic carbocycles. The zero-order chi connectivity index (χ0) is 19.1. The van der Waals surface area contributed by atoms with E-state index in [1.54, 1.807) is 0 Å². The average molecular weight is 365 g/mol. The summed E-state index contributed by atoms with van der Waals surface area (Å²) in [5.74, 6) is 0.833. The normalized spacial score (nSPS) is 16.6. The maximum absolute atomic E-state index is 10.7. The van der Waals surface area contributed by atoms with Crippen LogP contribution in [0.3, 0.4) is 0 Å². The van der Waals surface area contributed by atoms with Crippen LogP contribution in [0, 0.1) is 11.3 Å². The number of amides is 1. The van der Waals surface area contributed by atoms with Crippen LogP contribution in [0.4, 0.5) is 4.79 Å². The molecule has 1 aliphatic rings. The molecule has 1 unspecified atom stereocenters. The third-order valence-electron chi connectivity index (χ3n) is 4.69. The van der Waals surface area contributed by atoms with Crippen molar-refractivity contribution in [1.29, 1.82) is 5.26 Å². The van der Waals surface area contributed by atoms with Crippen LogP contribution in [0.5, 0.6) is 5.75 Å². The van der Waals surface area contributed by atoms with E-state index in [0.29, 0.717) is 12.2 Å². The van der Waals surface area contributed by atoms with Gasteiger partial charge in [0.2, 0.25) is 0 Å². The molecule has 0 aliphatic carbocycles. The van der Waals surface area contributed by atoms with Gasteiger partial charge < -0.3 is 20.1 Å². The molecule has 0 saturated carbocycles. The van der Waals surface area contributed by atoms with Gasteiger partial charge in [-0.1, -0.05) is 24.3 Å². The molecule has 0 bridgehead atoms. The lowest BCUT2D eigenvalue weighted by Gasteiger charge is -2.16. The average Bonchev–Trinajstić information content (AvgIpc) is 3.12. The molecule has 0 radical (unpaired) electrons. The summed E-state index contributed by atoms with van der Waals surface area (Å²) in [4.78, 5) is 12.9. The second-order valence-electron chi connectivity index (χ2n) is 6.65. The molecule has 6 heteroatoms. The van der Waals surface area contributed by atoms with Gasteiger partial charge in [-0.15, -0.1) is 0 Å². The first-order chi connectivity index (χ1) is 13.1. The zero-order valence-electron chi connectivity index (χ0n) is 15.1. The summed E-state index contributed by atoms with van der Waals surface area (Å²) in [6, 6.07) is 17.6. The van der Waals surface area contributed by atoms with Gasteiger partial charge in [-0.3, -0.25) is 0 Å². The molecule has 1 fully saturated rings. The predicted molar refractivity (Wildman–Crippen MR) is 103 cm³/mol. The van der Waals surface area contributed by atoms with Crippen LogP contribution in [-0.4, -0.2) is 48.4 Å². The first-order valence-corrected chi connectivity index (χ1v) is 9.09. The topological polar surface area (TPSA) is 85.6 Å². The molecule has 6 nitrogen and oxygen atoms in total. The molecular weight excluding hydrogens is 342 g/mol. The first kappa shape index (κ1) is 18.7. The van der Waals surface area contributed by atoms with Crippen molar-refractivity contribution < 1.29 is 14.6 Å². The first-order valence-electron chi connectivity index (χ1n) is 9.09. The van der Waals surface area contributed by atoms with Gasteiger partial charge in [0.05, 0.1) is 18.2 Å². The molecule has 1 heterocycles. The van der Waals surface area contributed by atoms with Crippen molar-refractivity contribution in [3.63, 3.8) is 0 Å². The Hall–Kier alpha value is -3.04. The Balaban J connectivity index is 1.40. The fraction of sp³-hybridized carbons (Fsp3) is 0.333. The van der Waals surface area contributed by atoms with E-state index < -0.39 is 6.09 Å². The third kappa shape index (κ3) is 5.47. The minimum absolute atomic E-state index is 0.0400. The molecule has 1 saturated heterocycles. The monoisotopic (exact) mass is 365 g/mol. The molecule has 0 aromatic heterocycles. The van der Waals surface area contributed by atoms with Crippen LogP contribution < -0.4 is 10.1 Å². The van der Waals surface area contributed by atoms with Gasteiger partial charge in [0.1, 0.15) is 5.75 Å². The molecule has 1 atom stereocenters. The highest BCUT2D eigenvalue weighted by atomic mass is 16.5. The largest absolute Gasteiger partial charge is 0.494 e. The minimum atomic E-state index is -0.949. The Morgan fingerprint density at radius 3 is 2.48 bits per heavy atom. The third-order valence-corrected chi connectivity index (χ3v) is 4.69. The highest BCUT2D eigenvalue weighted by molar-refractivity contribution is 5.65. The van der Waals surface area contributed by atoms with Crippen molar-refractivity contribution in [1.82, 2.24) is 10.2 Å². The van der Waals surface area contributed by atoms with E-state index in [0.717, 1.165) is 49.4 Å². The summed E-state index contributed by atoms with van der Waals surface area (Å²) in [7, 11) is 0. The van der Waals surface area contributed by atoms with E-state index in [1.165, 1.54) is 0 Å². The molecular formula is C21H23N3O3. The smallest absolute Gasteiger partial charge is 0.404 e. The lowest BCUT2D eigenvalue weighted by atomic mass is 10.0. The van der Waals surface area contributed by atoms with Gasteiger partial charge in [-0.25, -0.2) is 4.79 Å². The number of carboxylic acid groups (broad SMARTS) is 1. The van der Waals surface area contributed by atoms with E-state index in [1.807, 2.05) is 48.5 Å². The number of hydrogen-bond acceptors (Lipinski definition) is 4. The predicted octanol–water partition coefficient (Wildman–Crippen LogP) is 3.34. The van der Waals surface area contributed by atoms with Crippen molar-refractivity contribution in [3.8, 4) is 22.9 Å². The lowest BCUT2D eigenvalue weighted by molar-refractivity contribution is 0.189. The summed E-state index contributed by atoms with van der Waals surface area (Å²) in [5, 5.41) is 20.2. The maximum atomic E-state index is 10.7. The number of nitriles is 1. The minimum Gasteiger partial charge on any atom is -0.494 e. The van der Waals surface area contributed by atoms with Crippen molar-refractivity contribution in [2.45, 2.75) is 18.9 Å². The van der Waals surface area contributed by atoms with Crippen molar-refractivity contribution in [2.24, 2.45) is 0 Å². The number of nitrogens with zero attached hydrogens (tertiary/aromatic N) is 2. The summed E-state index contributed by atoms with van der Waals surface area (Å²) in [6.07, 6.45) is 0.816. The van der Waals surface area contributed by atoms with Gasteiger partial charge in [0, 0.05) is 25.7 Å². The molecule has 2 aromatic rings. The SMILES string of the molecule is N#Cc1ccc(-c2ccc(OCCCN3CCC(NC(=O)O)C3)cc2)cc1. The van der Waals surface area contributed by atoms with Gasteiger partial charge in [0.15, 0.2) is 0 Å². The van der Waals surface area contributed by atoms with E-state index in [9.17, 15) is 4.79 Å². The molecule has 1 amide bonds. The maximum Gasteiger partial charge on any atom is 0.404 e. The summed E-state index contributed by atoms with van der Waals surface area (Å²) >= 11 is 0. The van der Waals surface area contributed by atoms with E-state index in [-0.39, 0.29) is 6.04 Å². The Labute approximate surface area is 159 Å². The van der Waals surface area contributed by atoms with Gasteiger partial charge in [0.25, 0.3) is 0 Å². The molecule has 1 aliphatic heterocycles. The Morgan fingerprint density at radius 1 is 1.19 bits per heavy atom. The van der Waals surface area contributed by atoms with Crippen LogP contribution in [0.1, 0.15) is 18.4 Å². The number of ether oxygens (including phenoxy) is 1. The number of hydrogen-bond donors (Lipinski definition) is 2. The fourth-order valence-corrected chi connectivity index (χ4v) is 3.29. The molecule has 3 rings (SSSR count). The van der Waals surface area contributed by atoms with Gasteiger partial charge in [-0.05, 0) is 48.2 Å². The van der Waals surface area contributed by atoms with E-state index >= 15 is 0 Å². The van der Waals surface area contributed by atoms with Crippen molar-refractivity contribution >= 4 is 6.09 Å². The second-order valence-corrected chi connectivity index (χ2v) is 6.65. The highest BCUT2D eigenvalue weighted by Gasteiger charge is 2.22. The fourth-order valence-electron chi connectivity index (χ4n) is 3.29. The lowest BCUT2D eigenvalue weighted by Crippen LogP contribution is -2.36. The van der Waals surface area contributed by atoms with Crippen LogP contribution in [0.2, 0.25) is 0 Å². The van der Waals surface area contributed by atoms with E-state index in [2.05, 4.69) is 16.3 Å². The number of nitrogens with one attached hydrogen (secondary N) is 1. The number of benzene rings is 2. The van der Waals surface area contributed by atoms with Crippen molar-refractivity contribution in [3.05, 3.63) is 54.1 Å². The Kier molecular flexibility index (Phi) is 6.29. The summed E-state index contributed by atoms with van der Waals surface area (Å²) in [6.45, 7) is 3.22. The quantitative estimate of drug-likeness (QED) is 0.735. The number of carbonyl (C=O) groups is 1. The number of likely N-dealkylation sites (tertiary alicyclic amines) is 1. The van der Waals surface area contributed by atoms with Crippen LogP contribution >= 0.6 is 0 Å². The molecule has 2 N–H and O–H groups in total. The second kappa shape index (κ2) is 9.06. The molecule has 140 valence electrons. The standard InChI is InChI=1S/C21H23N3O3/c22-14-16-2-4-17(5-3-16)18-6-8-20(9-7-18)27-13-1-11-24-12-10-19(15-24)23-21(25)26/h2-9,19,23H,1,10-13,15H2,(H,25,26). The van der Waals surface area contributed by atoms with Crippen LogP contribution in [0.25, 0.3) is 11.1 Å².